The summed E-state index contributed by atoms with van der Waals surface area (Å²) in [5.41, 5.74) is 6.94. The molecule has 8 nitrogen and oxygen atoms in total. The highest BCUT2D eigenvalue weighted by atomic mass is 32.2. The number of amides is 1. The van der Waals surface area contributed by atoms with E-state index in [2.05, 4.69) is 10.6 Å². The molecule has 11 heteroatoms. The molecule has 41 heavy (non-hydrogen) atoms. The van der Waals surface area contributed by atoms with Crippen molar-refractivity contribution in [2.75, 3.05) is 12.3 Å². The second-order valence-corrected chi connectivity index (χ2v) is 13.1. The number of nitrogens with one attached hydrogen (secondary N) is 2. The number of hydrogen-bond donors (Lipinski definition) is 3. The maximum Gasteiger partial charge on any atom is 0.330 e. The van der Waals surface area contributed by atoms with Crippen LogP contribution >= 0.6 is 0 Å². The number of sulfone groups is 1. The molecule has 226 valence electrons. The van der Waals surface area contributed by atoms with Gasteiger partial charge in [-0.25, -0.2) is 22.0 Å². The summed E-state index contributed by atoms with van der Waals surface area (Å²) in [4.78, 5) is 26.6. The SMILES string of the molecule is CCCC(CCC)S(=O)(=O)C[C@H](NC(=O)c1ccccc1)C(=O)O[C@H](CNC1CC1)[C@@H](N)Cc1cc(F)cc(F)c1. The molecular formula is C30H41F2N3O5S. The van der Waals surface area contributed by atoms with Crippen LogP contribution in [0.3, 0.4) is 0 Å². The quantitative estimate of drug-likeness (QED) is 0.239. The minimum atomic E-state index is -3.79. The molecule has 1 aliphatic rings. The lowest BCUT2D eigenvalue weighted by Crippen LogP contribution is -2.52. The van der Waals surface area contributed by atoms with Gasteiger partial charge in [0.1, 0.15) is 23.8 Å². The molecule has 1 saturated carbocycles. The second-order valence-electron chi connectivity index (χ2n) is 10.7. The summed E-state index contributed by atoms with van der Waals surface area (Å²) in [6.45, 7) is 3.95. The topological polar surface area (TPSA) is 128 Å². The van der Waals surface area contributed by atoms with Gasteiger partial charge in [0.25, 0.3) is 5.91 Å². The lowest BCUT2D eigenvalue weighted by molar-refractivity contribution is -0.151. The molecule has 0 bridgehead atoms. The Morgan fingerprint density at radius 2 is 1.63 bits per heavy atom. The first-order valence-corrected chi connectivity index (χ1v) is 16.0. The summed E-state index contributed by atoms with van der Waals surface area (Å²) in [6, 6.07) is 9.14. The van der Waals surface area contributed by atoms with Gasteiger partial charge in [-0.1, -0.05) is 44.9 Å². The van der Waals surface area contributed by atoms with E-state index in [0.29, 0.717) is 31.2 Å². The lowest BCUT2D eigenvalue weighted by atomic mass is 10.0. The zero-order chi connectivity index (χ0) is 30.0. The van der Waals surface area contributed by atoms with Crippen LogP contribution in [0.25, 0.3) is 0 Å². The van der Waals surface area contributed by atoms with Gasteiger partial charge in [0.05, 0.1) is 11.0 Å². The van der Waals surface area contributed by atoms with E-state index in [1.54, 1.807) is 30.3 Å². The Labute approximate surface area is 241 Å². The standard InChI is InChI=1S/C30H41F2N3O5S/c1-3-8-25(9-4-2)41(38,39)19-27(35-29(36)21-10-6-5-7-11-21)30(37)40-28(18-34-24-12-13-24)26(33)16-20-14-22(31)17-23(32)15-20/h5-7,10-11,14-15,17,24-28,34H,3-4,8-9,12-13,16,18-19,33H2,1-2H3,(H,35,36)/t26-,27-,28+/m0/s1. The molecule has 0 unspecified atom stereocenters. The first-order chi connectivity index (χ1) is 19.5. The summed E-state index contributed by atoms with van der Waals surface area (Å²) in [5, 5.41) is 5.15. The van der Waals surface area contributed by atoms with E-state index in [-0.39, 0.29) is 24.6 Å². The third-order valence-electron chi connectivity index (χ3n) is 7.08. The molecule has 1 amide bonds. The highest BCUT2D eigenvalue weighted by molar-refractivity contribution is 7.92. The summed E-state index contributed by atoms with van der Waals surface area (Å²) >= 11 is 0. The van der Waals surface area contributed by atoms with Gasteiger partial charge in [-0.05, 0) is 61.9 Å². The molecule has 3 rings (SSSR count). The zero-order valence-corrected chi connectivity index (χ0v) is 24.5. The normalized spacial score (nSPS) is 15.8. The minimum absolute atomic E-state index is 0.00733. The Bertz CT molecular complexity index is 1230. The van der Waals surface area contributed by atoms with E-state index in [0.717, 1.165) is 31.0 Å². The minimum Gasteiger partial charge on any atom is -0.458 e. The van der Waals surface area contributed by atoms with Crippen LogP contribution in [0.5, 0.6) is 0 Å². The molecule has 0 radical (unpaired) electrons. The molecule has 4 N–H and O–H groups in total. The van der Waals surface area contributed by atoms with E-state index in [4.69, 9.17) is 10.5 Å². The number of esters is 1. The van der Waals surface area contributed by atoms with Gasteiger partial charge >= 0.3 is 5.97 Å². The Morgan fingerprint density at radius 1 is 1.02 bits per heavy atom. The van der Waals surface area contributed by atoms with Gasteiger partial charge in [-0.15, -0.1) is 0 Å². The van der Waals surface area contributed by atoms with Gasteiger partial charge < -0.3 is 21.1 Å². The first-order valence-electron chi connectivity index (χ1n) is 14.2. The third-order valence-corrected chi connectivity index (χ3v) is 9.36. The molecular weight excluding hydrogens is 552 g/mol. The monoisotopic (exact) mass is 593 g/mol. The van der Waals surface area contributed by atoms with Crippen LogP contribution in [-0.2, 0) is 25.8 Å². The maximum absolute atomic E-state index is 13.8. The average Bonchev–Trinajstić information content (AvgIpc) is 3.74. The number of hydrogen-bond acceptors (Lipinski definition) is 7. The van der Waals surface area contributed by atoms with Gasteiger partial charge in [-0.2, -0.15) is 0 Å². The van der Waals surface area contributed by atoms with Crippen LogP contribution in [0.4, 0.5) is 8.78 Å². The molecule has 0 spiro atoms. The largest absolute Gasteiger partial charge is 0.458 e. The van der Waals surface area contributed by atoms with Gasteiger partial charge in [0.2, 0.25) is 0 Å². The molecule has 1 aliphatic carbocycles. The van der Waals surface area contributed by atoms with Gasteiger partial charge in [0, 0.05) is 30.3 Å². The van der Waals surface area contributed by atoms with E-state index in [1.807, 2.05) is 13.8 Å². The van der Waals surface area contributed by atoms with Crippen molar-refractivity contribution in [1.82, 2.24) is 10.6 Å². The molecule has 2 aromatic rings. The van der Waals surface area contributed by atoms with Crippen molar-refractivity contribution >= 4 is 21.7 Å². The van der Waals surface area contributed by atoms with Crippen LogP contribution in [0.2, 0.25) is 0 Å². The number of halogens is 2. The third kappa shape index (κ3) is 10.5. The van der Waals surface area contributed by atoms with E-state index in [9.17, 15) is 26.8 Å². The Morgan fingerprint density at radius 3 is 2.20 bits per heavy atom. The molecule has 2 aromatic carbocycles. The van der Waals surface area contributed by atoms with Crippen molar-refractivity contribution in [2.24, 2.45) is 5.73 Å². The fourth-order valence-electron chi connectivity index (χ4n) is 4.73. The van der Waals surface area contributed by atoms with Crippen LogP contribution in [0, 0.1) is 11.6 Å². The van der Waals surface area contributed by atoms with Crippen molar-refractivity contribution < 1.29 is 31.5 Å². The predicted octanol–water partition coefficient (Wildman–Crippen LogP) is 3.68. The molecule has 1 fully saturated rings. The first kappa shape index (κ1) is 32.6. The number of carbonyl (C=O) groups is 2. The Hall–Kier alpha value is -2.89. The van der Waals surface area contributed by atoms with Crippen LogP contribution < -0.4 is 16.4 Å². The van der Waals surface area contributed by atoms with Crippen molar-refractivity contribution in [2.45, 2.75) is 88.3 Å². The number of nitrogens with two attached hydrogens (primary N) is 1. The lowest BCUT2D eigenvalue weighted by Gasteiger charge is -2.28. The number of ether oxygens (including phenoxy) is 1. The average molecular weight is 594 g/mol. The Kier molecular flexibility index (Phi) is 12.2. The van der Waals surface area contributed by atoms with Gasteiger partial charge in [-0.3, -0.25) is 4.79 Å². The predicted molar refractivity (Wildman–Crippen MR) is 154 cm³/mol. The summed E-state index contributed by atoms with van der Waals surface area (Å²) < 4.78 is 60.2. The van der Waals surface area contributed by atoms with Crippen molar-refractivity contribution in [3.8, 4) is 0 Å². The fourth-order valence-corrected chi connectivity index (χ4v) is 6.88. The zero-order valence-electron chi connectivity index (χ0n) is 23.7. The fraction of sp³-hybridized carbons (Fsp3) is 0.533. The molecule has 0 aliphatic heterocycles. The number of benzene rings is 2. The molecule has 0 saturated heterocycles. The smallest absolute Gasteiger partial charge is 0.330 e. The highest BCUT2D eigenvalue weighted by Crippen LogP contribution is 2.21. The van der Waals surface area contributed by atoms with E-state index in [1.165, 1.54) is 0 Å². The molecule has 0 aromatic heterocycles. The van der Waals surface area contributed by atoms with E-state index < -0.39 is 62.5 Å². The van der Waals surface area contributed by atoms with Crippen molar-refractivity contribution in [3.05, 3.63) is 71.3 Å². The summed E-state index contributed by atoms with van der Waals surface area (Å²) in [7, 11) is -3.79. The van der Waals surface area contributed by atoms with Crippen molar-refractivity contribution in [1.29, 1.82) is 0 Å². The van der Waals surface area contributed by atoms with E-state index >= 15 is 0 Å². The summed E-state index contributed by atoms with van der Waals surface area (Å²) in [5.74, 6) is -3.67. The van der Waals surface area contributed by atoms with Crippen molar-refractivity contribution in [3.63, 3.8) is 0 Å². The number of carbonyl (C=O) groups excluding carboxylic acids is 2. The van der Waals surface area contributed by atoms with Crippen LogP contribution in [0.15, 0.2) is 48.5 Å². The second kappa shape index (κ2) is 15.4. The van der Waals surface area contributed by atoms with Crippen LogP contribution in [-0.4, -0.2) is 62.1 Å². The molecule has 0 heterocycles. The molecule has 3 atom stereocenters. The Balaban J connectivity index is 1.83. The highest BCUT2D eigenvalue weighted by Gasteiger charge is 2.36. The summed E-state index contributed by atoms with van der Waals surface area (Å²) in [6.07, 6.45) is 3.15. The number of rotatable bonds is 17. The van der Waals surface area contributed by atoms with Crippen LogP contribution in [0.1, 0.15) is 68.3 Å². The van der Waals surface area contributed by atoms with Gasteiger partial charge in [0.15, 0.2) is 9.84 Å². The maximum atomic E-state index is 13.8.